The first-order valence-electron chi connectivity index (χ1n) is 9.07. The lowest BCUT2D eigenvalue weighted by Gasteiger charge is -2.08. The molecule has 10 heteroatoms. The molecule has 9 nitrogen and oxygen atoms in total. The number of benzene rings is 2. The molecule has 0 saturated carbocycles. The van der Waals surface area contributed by atoms with Crippen LogP contribution < -0.4 is 0 Å². The van der Waals surface area contributed by atoms with Gasteiger partial charge in [0.15, 0.2) is 5.84 Å². The van der Waals surface area contributed by atoms with Gasteiger partial charge in [-0.2, -0.15) is 4.99 Å². The van der Waals surface area contributed by atoms with E-state index in [0.29, 0.717) is 11.1 Å². The minimum Gasteiger partial charge on any atom is -0.512 e. The van der Waals surface area contributed by atoms with Crippen molar-refractivity contribution in [2.24, 2.45) is 9.98 Å². The number of halogens is 1. The van der Waals surface area contributed by atoms with Gasteiger partial charge >= 0.3 is 5.97 Å². The van der Waals surface area contributed by atoms with Crippen LogP contribution in [0.25, 0.3) is 0 Å². The van der Waals surface area contributed by atoms with E-state index < -0.39 is 16.8 Å². The molecule has 2 aromatic carbocycles. The van der Waals surface area contributed by atoms with Crippen LogP contribution in [-0.2, 0) is 9.53 Å². The Morgan fingerprint density at radius 2 is 1.90 bits per heavy atom. The number of rotatable bonds is 5. The van der Waals surface area contributed by atoms with Crippen molar-refractivity contribution in [3.05, 3.63) is 85.6 Å². The third-order valence-corrected chi connectivity index (χ3v) is 4.65. The zero-order chi connectivity index (χ0) is 22.7. The molecule has 0 unspecified atom stereocenters. The van der Waals surface area contributed by atoms with Crippen molar-refractivity contribution >= 4 is 40.7 Å². The van der Waals surface area contributed by atoms with Gasteiger partial charge in [0, 0.05) is 23.3 Å². The molecule has 0 radical (unpaired) electrons. The number of ether oxygens (including phenoxy) is 1. The number of aliphatic hydroxyl groups excluding tert-OH is 1. The van der Waals surface area contributed by atoms with Gasteiger partial charge in [0.2, 0.25) is 0 Å². The van der Waals surface area contributed by atoms with Crippen LogP contribution in [0.15, 0.2) is 63.8 Å². The number of hydrogen-bond donors (Lipinski definition) is 1. The molecule has 1 heterocycles. The lowest BCUT2D eigenvalue weighted by Crippen LogP contribution is -2.18. The van der Waals surface area contributed by atoms with Crippen LogP contribution in [0, 0.1) is 10.1 Å². The van der Waals surface area contributed by atoms with Crippen molar-refractivity contribution in [3.8, 4) is 0 Å². The quantitative estimate of drug-likeness (QED) is 0.245. The highest BCUT2D eigenvalue weighted by Crippen LogP contribution is 2.27. The Kier molecular flexibility index (Phi) is 6.26. The molecule has 0 aliphatic carbocycles. The van der Waals surface area contributed by atoms with Gasteiger partial charge < -0.3 is 9.84 Å². The number of fused-ring (bicyclic) bond motifs is 1. The predicted octanol–water partition coefficient (Wildman–Crippen LogP) is 4.03. The van der Waals surface area contributed by atoms with E-state index in [2.05, 4.69) is 9.98 Å². The van der Waals surface area contributed by atoms with Crippen molar-refractivity contribution in [2.75, 3.05) is 6.61 Å². The summed E-state index contributed by atoms with van der Waals surface area (Å²) >= 11 is 6.03. The molecule has 3 rings (SSSR count). The topological polar surface area (TPSA) is 131 Å². The molecule has 0 aromatic heterocycles. The maximum atomic E-state index is 12.7. The molecule has 0 atom stereocenters. The molecular formula is C21H16ClN3O6. The van der Waals surface area contributed by atoms with Crippen molar-refractivity contribution in [1.82, 2.24) is 0 Å². The minimum absolute atomic E-state index is 0.00579. The van der Waals surface area contributed by atoms with E-state index in [1.807, 2.05) is 0 Å². The van der Waals surface area contributed by atoms with Gasteiger partial charge in [0.05, 0.1) is 27.8 Å². The average molecular weight is 442 g/mol. The highest BCUT2D eigenvalue weighted by atomic mass is 35.5. The number of esters is 1. The van der Waals surface area contributed by atoms with E-state index in [9.17, 15) is 24.8 Å². The fourth-order valence-corrected chi connectivity index (χ4v) is 3.15. The molecule has 0 fully saturated rings. The van der Waals surface area contributed by atoms with E-state index >= 15 is 0 Å². The lowest BCUT2D eigenvalue weighted by atomic mass is 9.99. The highest BCUT2D eigenvalue weighted by Gasteiger charge is 2.30. The second kappa shape index (κ2) is 8.88. The Bertz CT molecular complexity index is 1200. The molecule has 2 aromatic rings. The lowest BCUT2D eigenvalue weighted by molar-refractivity contribution is -0.384. The van der Waals surface area contributed by atoms with Crippen LogP contribution >= 0.6 is 11.6 Å². The summed E-state index contributed by atoms with van der Waals surface area (Å²) in [5, 5.41) is 21.1. The van der Waals surface area contributed by atoms with Crippen LogP contribution in [0.5, 0.6) is 0 Å². The van der Waals surface area contributed by atoms with Crippen LogP contribution in [-0.4, -0.2) is 40.1 Å². The fourth-order valence-electron chi connectivity index (χ4n) is 2.95. The highest BCUT2D eigenvalue weighted by molar-refractivity contribution is 6.37. The molecule has 1 amide bonds. The first-order chi connectivity index (χ1) is 14.7. The zero-order valence-corrected chi connectivity index (χ0v) is 17.2. The van der Waals surface area contributed by atoms with Gasteiger partial charge in [-0.25, -0.2) is 9.79 Å². The minimum atomic E-state index is -0.842. The van der Waals surface area contributed by atoms with Crippen LogP contribution in [0.1, 0.15) is 35.3 Å². The number of nitrogens with zero attached hydrogens (tertiary/aromatic N) is 3. The number of nitro groups is 1. The van der Waals surface area contributed by atoms with Gasteiger partial charge in [-0.05, 0) is 19.9 Å². The van der Waals surface area contributed by atoms with Gasteiger partial charge in [-0.1, -0.05) is 35.9 Å². The summed E-state index contributed by atoms with van der Waals surface area (Å²) in [7, 11) is 0. The molecule has 0 bridgehead atoms. The number of non-ortho nitro benzene ring substituents is 1. The van der Waals surface area contributed by atoms with E-state index in [-0.39, 0.29) is 45.8 Å². The molecule has 0 spiro atoms. The van der Waals surface area contributed by atoms with Gasteiger partial charge in [-0.3, -0.25) is 14.9 Å². The van der Waals surface area contributed by atoms with E-state index in [4.69, 9.17) is 16.3 Å². The zero-order valence-electron chi connectivity index (χ0n) is 16.5. The normalized spacial score (nSPS) is 14.5. The Balaban J connectivity index is 2.12. The third kappa shape index (κ3) is 4.36. The number of aliphatic hydroxyl groups is 1. The summed E-state index contributed by atoms with van der Waals surface area (Å²) in [6, 6.07) is 10.1. The van der Waals surface area contributed by atoms with E-state index in [1.165, 1.54) is 19.1 Å². The Labute approximate surface area is 181 Å². The Morgan fingerprint density at radius 3 is 2.52 bits per heavy atom. The fraction of sp³-hybridized carbons (Fsp3) is 0.143. The smallest absolute Gasteiger partial charge is 0.343 e. The summed E-state index contributed by atoms with van der Waals surface area (Å²) in [5.74, 6) is -1.95. The Morgan fingerprint density at radius 1 is 1.23 bits per heavy atom. The van der Waals surface area contributed by atoms with Gasteiger partial charge in [0.1, 0.15) is 11.3 Å². The van der Waals surface area contributed by atoms with Crippen molar-refractivity contribution in [1.29, 1.82) is 0 Å². The van der Waals surface area contributed by atoms with Gasteiger partial charge in [-0.15, -0.1) is 0 Å². The number of nitro benzene ring substituents is 1. The maximum Gasteiger partial charge on any atom is 0.343 e. The molecule has 1 aliphatic heterocycles. The van der Waals surface area contributed by atoms with Crippen LogP contribution in [0.4, 0.5) is 5.69 Å². The number of carbonyl (C=O) groups is 2. The summed E-state index contributed by atoms with van der Waals surface area (Å²) in [6.45, 7) is 3.04. The van der Waals surface area contributed by atoms with Crippen LogP contribution in [0.3, 0.4) is 0 Å². The van der Waals surface area contributed by atoms with E-state index in [0.717, 1.165) is 6.07 Å². The first-order valence-corrected chi connectivity index (χ1v) is 9.45. The molecule has 1 N–H and O–H groups in total. The first kappa shape index (κ1) is 21.8. The predicted molar refractivity (Wildman–Crippen MR) is 114 cm³/mol. The van der Waals surface area contributed by atoms with Crippen molar-refractivity contribution < 1.29 is 24.4 Å². The summed E-state index contributed by atoms with van der Waals surface area (Å²) < 4.78 is 5.00. The summed E-state index contributed by atoms with van der Waals surface area (Å²) in [4.78, 5) is 43.7. The van der Waals surface area contributed by atoms with Crippen molar-refractivity contribution in [2.45, 2.75) is 13.8 Å². The third-order valence-electron chi connectivity index (χ3n) is 4.32. The number of amides is 1. The standard InChI is InChI=1S/C21H16ClN3O6/c1-3-31-21(28)17(11(2)26)18-13-6-4-5-7-14(13)19(23-18)24-20(27)15-10-12(25(29)30)8-9-16(15)22/h4-10,26H,3H2,1-2H3/b17-11-,24-19?. The summed E-state index contributed by atoms with van der Waals surface area (Å²) in [6.07, 6.45) is 0. The second-order valence-electron chi connectivity index (χ2n) is 6.35. The molecule has 31 heavy (non-hydrogen) atoms. The monoisotopic (exact) mass is 441 g/mol. The molecule has 0 saturated heterocycles. The molecule has 1 aliphatic rings. The van der Waals surface area contributed by atoms with Crippen molar-refractivity contribution in [3.63, 3.8) is 0 Å². The average Bonchev–Trinajstić information content (AvgIpc) is 3.06. The number of allylic oxidation sites excluding steroid dienone is 1. The number of amidine groups is 1. The van der Waals surface area contributed by atoms with Crippen LogP contribution in [0.2, 0.25) is 5.02 Å². The van der Waals surface area contributed by atoms with E-state index in [1.54, 1.807) is 31.2 Å². The largest absolute Gasteiger partial charge is 0.512 e. The number of aliphatic imine (C=N–C) groups is 2. The Hall–Kier alpha value is -3.85. The molecule has 158 valence electrons. The number of carbonyl (C=O) groups excluding carboxylic acids is 2. The SMILES string of the molecule is CCOC(=O)/C(C1=NC(=NC(=O)c2cc([N+](=O)[O-])ccc2Cl)c2ccccc21)=C(/C)O. The van der Waals surface area contributed by atoms with Gasteiger partial charge in [0.25, 0.3) is 11.6 Å². The summed E-state index contributed by atoms with van der Waals surface area (Å²) in [5.41, 5.74) is 0.383. The molecular weight excluding hydrogens is 426 g/mol. The second-order valence-corrected chi connectivity index (χ2v) is 6.76. The number of hydrogen-bond acceptors (Lipinski definition) is 6. The maximum absolute atomic E-state index is 12.7.